The molecule has 2 amide bonds. The van der Waals surface area contributed by atoms with Crippen molar-refractivity contribution in [2.45, 2.75) is 75.3 Å². The summed E-state index contributed by atoms with van der Waals surface area (Å²) in [5.74, 6) is -0.227. The van der Waals surface area contributed by atoms with Gasteiger partial charge in [0.05, 0.1) is 0 Å². The number of fused-ring (bicyclic) bond motifs is 2. The second kappa shape index (κ2) is 11.4. The van der Waals surface area contributed by atoms with Crippen molar-refractivity contribution >= 4 is 22.9 Å². The molecule has 41 heavy (non-hydrogen) atoms. The zero-order valence-electron chi connectivity index (χ0n) is 23.6. The van der Waals surface area contributed by atoms with Crippen molar-refractivity contribution in [1.29, 1.82) is 0 Å². The minimum Gasteiger partial charge on any atom is -0.446 e. The number of carbonyl (C=O) groups excluding carboxylic acids is 2. The second-order valence-corrected chi connectivity index (χ2v) is 11.9. The van der Waals surface area contributed by atoms with Crippen molar-refractivity contribution < 1.29 is 14.3 Å². The number of H-pyrrole nitrogens is 1. The van der Waals surface area contributed by atoms with Gasteiger partial charge >= 0.3 is 6.09 Å². The molecule has 2 aromatic heterocycles. The van der Waals surface area contributed by atoms with Crippen LogP contribution >= 0.6 is 0 Å². The van der Waals surface area contributed by atoms with Gasteiger partial charge in [-0.15, -0.1) is 0 Å². The summed E-state index contributed by atoms with van der Waals surface area (Å²) < 4.78 is 5.88. The highest BCUT2D eigenvalue weighted by molar-refractivity contribution is 5.91. The van der Waals surface area contributed by atoms with Crippen LogP contribution in [0.25, 0.3) is 10.9 Å². The SMILES string of the molecule is C[C@@](Cc1c[nH]c2ccccc12)(NC(=O)OC1Cc2ccccc2C1)C(=O)NCC1(c2ccccn2)CCCCC1. The summed E-state index contributed by atoms with van der Waals surface area (Å²) in [6.45, 7) is 2.27. The topological polar surface area (TPSA) is 96.1 Å². The Labute approximate surface area is 241 Å². The number of aromatic nitrogens is 2. The molecule has 6 rings (SSSR count). The fourth-order valence-corrected chi connectivity index (χ4v) is 6.72. The summed E-state index contributed by atoms with van der Waals surface area (Å²) in [5.41, 5.74) is 3.94. The quantitative estimate of drug-likeness (QED) is 0.259. The number of benzene rings is 2. The first-order valence-corrected chi connectivity index (χ1v) is 14.7. The van der Waals surface area contributed by atoms with Crippen molar-refractivity contribution in [3.8, 4) is 0 Å². The highest BCUT2D eigenvalue weighted by Crippen LogP contribution is 2.38. The van der Waals surface area contributed by atoms with E-state index in [2.05, 4.69) is 38.8 Å². The maximum atomic E-state index is 14.1. The van der Waals surface area contributed by atoms with Crippen LogP contribution in [-0.2, 0) is 34.2 Å². The van der Waals surface area contributed by atoms with E-state index in [1.165, 1.54) is 17.5 Å². The zero-order valence-corrected chi connectivity index (χ0v) is 23.6. The molecule has 212 valence electrons. The first-order chi connectivity index (χ1) is 19.9. The Morgan fingerprint density at radius 2 is 1.68 bits per heavy atom. The number of hydrogen-bond acceptors (Lipinski definition) is 4. The van der Waals surface area contributed by atoms with Gasteiger partial charge in [0.25, 0.3) is 0 Å². The van der Waals surface area contributed by atoms with Gasteiger partial charge in [-0.05, 0) is 54.7 Å². The molecule has 2 aliphatic rings. The van der Waals surface area contributed by atoms with Crippen LogP contribution in [0.3, 0.4) is 0 Å². The predicted octanol–water partition coefficient (Wildman–Crippen LogP) is 5.78. The summed E-state index contributed by atoms with van der Waals surface area (Å²) in [7, 11) is 0. The lowest BCUT2D eigenvalue weighted by Gasteiger charge is -2.38. The van der Waals surface area contributed by atoms with Gasteiger partial charge < -0.3 is 20.4 Å². The van der Waals surface area contributed by atoms with E-state index in [9.17, 15) is 9.59 Å². The number of rotatable bonds is 8. The van der Waals surface area contributed by atoms with E-state index in [1.807, 2.05) is 60.9 Å². The molecule has 2 heterocycles. The number of ether oxygens (including phenoxy) is 1. The number of aromatic amines is 1. The number of hydrogen-bond donors (Lipinski definition) is 3. The van der Waals surface area contributed by atoms with Crippen molar-refractivity contribution in [2.75, 3.05) is 6.54 Å². The number of para-hydroxylation sites is 1. The maximum Gasteiger partial charge on any atom is 0.408 e. The molecule has 0 unspecified atom stereocenters. The first-order valence-electron chi connectivity index (χ1n) is 14.7. The molecule has 1 saturated carbocycles. The average molecular weight is 551 g/mol. The van der Waals surface area contributed by atoms with E-state index < -0.39 is 11.6 Å². The average Bonchev–Trinajstić information content (AvgIpc) is 3.60. The zero-order chi connectivity index (χ0) is 28.3. The Morgan fingerprint density at radius 3 is 2.41 bits per heavy atom. The van der Waals surface area contributed by atoms with Crippen molar-refractivity contribution in [3.63, 3.8) is 0 Å². The molecule has 7 nitrogen and oxygen atoms in total. The van der Waals surface area contributed by atoms with Crippen LogP contribution < -0.4 is 10.6 Å². The van der Waals surface area contributed by atoms with Gasteiger partial charge in [0.1, 0.15) is 11.6 Å². The largest absolute Gasteiger partial charge is 0.446 e. The second-order valence-electron chi connectivity index (χ2n) is 11.9. The van der Waals surface area contributed by atoms with Crippen LogP contribution in [0.2, 0.25) is 0 Å². The highest BCUT2D eigenvalue weighted by atomic mass is 16.6. The Balaban J connectivity index is 1.22. The van der Waals surface area contributed by atoms with Gasteiger partial charge in [0, 0.05) is 60.2 Å². The molecule has 0 radical (unpaired) electrons. The number of nitrogens with zero attached hydrogens (tertiary/aromatic N) is 1. The summed E-state index contributed by atoms with van der Waals surface area (Å²) in [6.07, 6.45) is 9.96. The number of amides is 2. The maximum absolute atomic E-state index is 14.1. The molecular formula is C34H38N4O3. The molecule has 2 aliphatic carbocycles. The third kappa shape index (κ3) is 5.71. The normalized spacial score (nSPS) is 17.9. The number of alkyl carbamates (subject to hydrolysis) is 1. The summed E-state index contributed by atoms with van der Waals surface area (Å²) in [5, 5.41) is 7.27. The van der Waals surface area contributed by atoms with Crippen LogP contribution in [0.5, 0.6) is 0 Å². The Hall–Kier alpha value is -4.13. The van der Waals surface area contributed by atoms with E-state index in [1.54, 1.807) is 6.92 Å². The van der Waals surface area contributed by atoms with Crippen molar-refractivity contribution in [3.05, 3.63) is 102 Å². The first kappa shape index (κ1) is 27.1. The fraction of sp³-hybridized carbons (Fsp3) is 0.382. The Morgan fingerprint density at radius 1 is 0.976 bits per heavy atom. The lowest BCUT2D eigenvalue weighted by Crippen LogP contribution is -2.60. The van der Waals surface area contributed by atoms with Gasteiger partial charge in [-0.25, -0.2) is 4.79 Å². The van der Waals surface area contributed by atoms with E-state index in [4.69, 9.17) is 4.74 Å². The summed E-state index contributed by atoms with van der Waals surface area (Å²) in [4.78, 5) is 35.4. The molecule has 0 saturated heterocycles. The molecule has 1 atom stereocenters. The summed E-state index contributed by atoms with van der Waals surface area (Å²) in [6, 6.07) is 22.2. The van der Waals surface area contributed by atoms with Gasteiger partial charge in [0.15, 0.2) is 0 Å². The highest BCUT2D eigenvalue weighted by Gasteiger charge is 2.41. The van der Waals surface area contributed by atoms with Crippen molar-refractivity contribution in [2.24, 2.45) is 0 Å². The molecule has 2 aromatic carbocycles. The van der Waals surface area contributed by atoms with Crippen LogP contribution in [0.1, 0.15) is 61.4 Å². The number of nitrogens with one attached hydrogen (secondary N) is 3. The van der Waals surface area contributed by atoms with Crippen LogP contribution in [-0.4, -0.2) is 40.2 Å². The smallest absolute Gasteiger partial charge is 0.408 e. The minimum absolute atomic E-state index is 0.215. The minimum atomic E-state index is -1.23. The van der Waals surface area contributed by atoms with Gasteiger partial charge in [0.2, 0.25) is 5.91 Å². The van der Waals surface area contributed by atoms with E-state index in [0.717, 1.165) is 47.8 Å². The van der Waals surface area contributed by atoms with E-state index >= 15 is 0 Å². The molecule has 4 aromatic rings. The molecular weight excluding hydrogens is 512 g/mol. The Kier molecular flexibility index (Phi) is 7.52. The third-order valence-corrected chi connectivity index (χ3v) is 8.99. The van der Waals surface area contributed by atoms with Crippen LogP contribution in [0.15, 0.2) is 79.1 Å². The molecule has 0 bridgehead atoms. The predicted molar refractivity (Wildman–Crippen MR) is 160 cm³/mol. The monoisotopic (exact) mass is 550 g/mol. The van der Waals surface area contributed by atoms with E-state index in [0.29, 0.717) is 25.8 Å². The van der Waals surface area contributed by atoms with E-state index in [-0.39, 0.29) is 17.4 Å². The number of carbonyl (C=O) groups is 2. The lowest BCUT2D eigenvalue weighted by molar-refractivity contribution is -0.127. The van der Waals surface area contributed by atoms with Gasteiger partial charge in [-0.2, -0.15) is 0 Å². The van der Waals surface area contributed by atoms with Crippen molar-refractivity contribution in [1.82, 2.24) is 20.6 Å². The molecule has 0 aliphatic heterocycles. The fourth-order valence-electron chi connectivity index (χ4n) is 6.72. The molecule has 1 fully saturated rings. The van der Waals surface area contributed by atoms with Gasteiger partial charge in [-0.1, -0.05) is 67.8 Å². The molecule has 3 N–H and O–H groups in total. The number of pyridine rings is 1. The Bertz CT molecular complexity index is 1500. The van der Waals surface area contributed by atoms with Gasteiger partial charge in [-0.3, -0.25) is 9.78 Å². The molecule has 7 heteroatoms. The third-order valence-electron chi connectivity index (χ3n) is 8.99. The van der Waals surface area contributed by atoms with Crippen LogP contribution in [0.4, 0.5) is 4.79 Å². The molecule has 0 spiro atoms. The summed E-state index contributed by atoms with van der Waals surface area (Å²) >= 11 is 0. The lowest BCUT2D eigenvalue weighted by atomic mass is 9.71. The standard InChI is InChI=1S/C34H38N4O3/c1-33(21-26-22-36-29-14-6-5-13-28(26)29,38-32(40)41-27-19-24-11-3-4-12-25(24)20-27)31(39)37-23-34(16-8-2-9-17-34)30-15-7-10-18-35-30/h3-7,10-15,18,22,27,36H,2,8-9,16-17,19-21,23H2,1H3,(H,37,39)(H,38,40)/t33-/m0/s1. The van der Waals surface area contributed by atoms with Crippen LogP contribution in [0, 0.1) is 0 Å².